The second kappa shape index (κ2) is 8.85. The van der Waals surface area contributed by atoms with Crippen molar-refractivity contribution in [3.8, 4) is 28.8 Å². The molecule has 0 aliphatic carbocycles. The zero-order chi connectivity index (χ0) is 23.7. The fraction of sp³-hybridized carbons (Fsp3) is 0.0741. The van der Waals surface area contributed by atoms with E-state index in [-0.39, 0.29) is 0 Å². The summed E-state index contributed by atoms with van der Waals surface area (Å²) in [5.41, 5.74) is 2.02. The maximum Gasteiger partial charge on any atom is 0.345 e. The Balaban J connectivity index is 1.57. The molecule has 5 rings (SSSR count). The van der Waals surface area contributed by atoms with Gasteiger partial charge in [-0.3, -0.25) is 0 Å². The van der Waals surface area contributed by atoms with Crippen molar-refractivity contribution < 1.29 is 13.9 Å². The molecule has 6 nitrogen and oxygen atoms in total. The molecule has 0 bridgehead atoms. The highest BCUT2D eigenvalue weighted by Gasteiger charge is 2.15. The van der Waals surface area contributed by atoms with Gasteiger partial charge in [-0.1, -0.05) is 36.4 Å². The third-order valence-corrected chi connectivity index (χ3v) is 6.37. The van der Waals surface area contributed by atoms with Crippen molar-refractivity contribution in [1.82, 2.24) is 4.98 Å². The molecule has 0 fully saturated rings. The lowest BCUT2D eigenvalue weighted by molar-refractivity contribution is 0.355. The van der Waals surface area contributed by atoms with Gasteiger partial charge in [0.25, 0.3) is 0 Å². The quantitative estimate of drug-likeness (QED) is 0.175. The van der Waals surface area contributed by atoms with Crippen LogP contribution in [0.3, 0.4) is 0 Å². The number of hydrogen-bond acceptors (Lipinski definition) is 7. The molecule has 34 heavy (non-hydrogen) atoms. The fourth-order valence-electron chi connectivity index (χ4n) is 3.82. The Morgan fingerprint density at radius 1 is 1.03 bits per heavy atom. The van der Waals surface area contributed by atoms with Crippen LogP contribution in [-0.4, -0.2) is 19.2 Å². The van der Waals surface area contributed by atoms with Gasteiger partial charge < -0.3 is 13.9 Å². The van der Waals surface area contributed by atoms with Crippen LogP contribution in [0.1, 0.15) is 10.6 Å². The molecule has 5 aromatic rings. The molecule has 3 aromatic carbocycles. The van der Waals surface area contributed by atoms with Gasteiger partial charge in [-0.15, -0.1) is 11.3 Å². The molecular weight excluding hydrogens is 448 g/mol. The van der Waals surface area contributed by atoms with Crippen molar-refractivity contribution >= 4 is 44.7 Å². The lowest BCUT2D eigenvalue weighted by Gasteiger charge is -2.07. The van der Waals surface area contributed by atoms with E-state index in [1.54, 1.807) is 43.9 Å². The minimum atomic E-state index is -0.470. The first kappa shape index (κ1) is 21.4. The number of ether oxygens (including phenoxy) is 2. The van der Waals surface area contributed by atoms with Crippen molar-refractivity contribution in [2.45, 2.75) is 0 Å². The highest BCUT2D eigenvalue weighted by Crippen LogP contribution is 2.32. The summed E-state index contributed by atoms with van der Waals surface area (Å²) in [6.07, 6.45) is 1.72. The van der Waals surface area contributed by atoms with Crippen molar-refractivity contribution in [1.29, 1.82) is 5.26 Å². The van der Waals surface area contributed by atoms with Gasteiger partial charge in [-0.2, -0.15) is 5.26 Å². The van der Waals surface area contributed by atoms with E-state index in [2.05, 4.69) is 11.1 Å². The van der Waals surface area contributed by atoms with Gasteiger partial charge in [0.15, 0.2) is 11.5 Å². The third-order valence-electron chi connectivity index (χ3n) is 5.49. The summed E-state index contributed by atoms with van der Waals surface area (Å²) in [7, 11) is 3.12. The van der Waals surface area contributed by atoms with Gasteiger partial charge in [0, 0.05) is 10.8 Å². The van der Waals surface area contributed by atoms with Gasteiger partial charge in [0.1, 0.15) is 16.7 Å². The van der Waals surface area contributed by atoms with E-state index in [0.29, 0.717) is 38.9 Å². The molecule has 0 radical (unpaired) electrons. The van der Waals surface area contributed by atoms with Gasteiger partial charge in [0.2, 0.25) is 0 Å². The van der Waals surface area contributed by atoms with Gasteiger partial charge in [0.05, 0.1) is 31.1 Å². The zero-order valence-corrected chi connectivity index (χ0v) is 19.2. The molecular formula is C27H18N2O4S. The first-order chi connectivity index (χ1) is 16.6. The average molecular weight is 467 g/mol. The number of benzene rings is 3. The van der Waals surface area contributed by atoms with Crippen LogP contribution in [0.15, 0.2) is 75.3 Å². The smallest absolute Gasteiger partial charge is 0.345 e. The number of methoxy groups -OCH3 is 2. The molecule has 166 valence electrons. The van der Waals surface area contributed by atoms with E-state index in [1.165, 1.54) is 11.3 Å². The van der Waals surface area contributed by atoms with Gasteiger partial charge in [-0.05, 0) is 46.7 Å². The average Bonchev–Trinajstić information content (AvgIpc) is 3.36. The normalized spacial score (nSPS) is 11.5. The predicted octanol–water partition coefficient (Wildman–Crippen LogP) is 6.15. The largest absolute Gasteiger partial charge is 0.493 e. The second-order valence-electron chi connectivity index (χ2n) is 7.47. The summed E-state index contributed by atoms with van der Waals surface area (Å²) in [6.45, 7) is 0. The fourth-order valence-corrected chi connectivity index (χ4v) is 4.61. The van der Waals surface area contributed by atoms with Gasteiger partial charge >= 0.3 is 5.63 Å². The maximum atomic E-state index is 12.7. The van der Waals surface area contributed by atoms with Gasteiger partial charge in [-0.25, -0.2) is 9.78 Å². The number of nitrogens with zero attached hydrogens (tertiary/aromatic N) is 2. The first-order valence-electron chi connectivity index (χ1n) is 10.4. The van der Waals surface area contributed by atoms with Crippen LogP contribution >= 0.6 is 11.3 Å². The van der Waals surface area contributed by atoms with E-state index in [4.69, 9.17) is 13.9 Å². The van der Waals surface area contributed by atoms with Crippen LogP contribution < -0.4 is 15.1 Å². The van der Waals surface area contributed by atoms with Crippen LogP contribution in [0.5, 0.6) is 11.5 Å². The Morgan fingerprint density at radius 2 is 1.85 bits per heavy atom. The molecule has 0 saturated carbocycles. The molecule has 0 aliphatic heterocycles. The van der Waals surface area contributed by atoms with E-state index in [9.17, 15) is 10.1 Å². The van der Waals surface area contributed by atoms with Crippen LogP contribution in [0, 0.1) is 11.3 Å². The molecule has 2 aromatic heterocycles. The highest BCUT2D eigenvalue weighted by atomic mass is 32.1. The van der Waals surface area contributed by atoms with E-state index in [1.807, 2.05) is 42.5 Å². The van der Waals surface area contributed by atoms with Crippen molar-refractivity contribution in [2.75, 3.05) is 14.2 Å². The Bertz CT molecular complexity index is 1670. The van der Waals surface area contributed by atoms with Crippen LogP contribution in [0.25, 0.3) is 44.6 Å². The Kier molecular flexibility index (Phi) is 5.58. The third kappa shape index (κ3) is 3.81. The Labute approximate surface area is 198 Å². The zero-order valence-electron chi connectivity index (χ0n) is 18.4. The summed E-state index contributed by atoms with van der Waals surface area (Å²) in [4.78, 5) is 17.3. The standard InChI is InChI=1S/C27H18N2O4S/c1-31-24-9-7-16(12-25(24)32-2)11-18(14-28)26-29-22(15-34-26)21-13-20-19-6-4-3-5-17(19)8-10-23(20)33-27(21)30/h3-13,15H,1-2H3/b18-11-. The number of aromatic nitrogens is 1. The molecule has 7 heteroatoms. The highest BCUT2D eigenvalue weighted by molar-refractivity contribution is 7.11. The minimum absolute atomic E-state index is 0.356. The summed E-state index contributed by atoms with van der Waals surface area (Å²) in [6, 6.07) is 21.1. The van der Waals surface area contributed by atoms with E-state index < -0.39 is 5.63 Å². The van der Waals surface area contributed by atoms with Crippen molar-refractivity contribution in [3.63, 3.8) is 0 Å². The maximum absolute atomic E-state index is 12.7. The number of hydrogen-bond donors (Lipinski definition) is 0. The topological polar surface area (TPSA) is 85.4 Å². The molecule has 2 heterocycles. The summed E-state index contributed by atoms with van der Waals surface area (Å²) in [5, 5.41) is 14.9. The summed E-state index contributed by atoms with van der Waals surface area (Å²) in [5.74, 6) is 1.17. The SMILES string of the molecule is COc1ccc(/C=C(/C#N)c2nc(-c3cc4c(ccc5ccccc54)oc3=O)cs2)cc1OC. The number of nitriles is 1. The predicted molar refractivity (Wildman–Crippen MR) is 134 cm³/mol. The van der Waals surface area contributed by atoms with Crippen molar-refractivity contribution in [2.24, 2.45) is 0 Å². The van der Waals surface area contributed by atoms with Crippen molar-refractivity contribution in [3.05, 3.63) is 87.0 Å². The monoisotopic (exact) mass is 466 g/mol. The molecule has 0 spiro atoms. The minimum Gasteiger partial charge on any atom is -0.493 e. The molecule has 0 amide bonds. The van der Waals surface area contributed by atoms with Crippen LogP contribution in [0.4, 0.5) is 0 Å². The number of rotatable bonds is 5. The van der Waals surface area contributed by atoms with E-state index >= 15 is 0 Å². The first-order valence-corrected chi connectivity index (χ1v) is 11.2. The Hall–Kier alpha value is -4.41. The molecule has 0 saturated heterocycles. The Morgan fingerprint density at radius 3 is 2.65 bits per heavy atom. The van der Waals surface area contributed by atoms with E-state index in [0.717, 1.165) is 21.7 Å². The molecule has 0 aliphatic rings. The second-order valence-corrected chi connectivity index (χ2v) is 8.33. The number of thiazole rings is 1. The molecule has 0 N–H and O–H groups in total. The summed E-state index contributed by atoms with van der Waals surface area (Å²) >= 11 is 1.29. The molecule has 0 atom stereocenters. The molecule has 0 unspecified atom stereocenters. The lowest BCUT2D eigenvalue weighted by atomic mass is 10.0. The number of allylic oxidation sites excluding steroid dienone is 1. The lowest BCUT2D eigenvalue weighted by Crippen LogP contribution is -2.03. The van der Waals surface area contributed by atoms with Crippen LogP contribution in [0.2, 0.25) is 0 Å². The number of fused-ring (bicyclic) bond motifs is 3. The van der Waals surface area contributed by atoms with Crippen LogP contribution in [-0.2, 0) is 0 Å². The summed E-state index contributed by atoms with van der Waals surface area (Å²) < 4.78 is 16.2.